The van der Waals surface area contributed by atoms with Gasteiger partial charge in [-0.3, -0.25) is 5.10 Å². The van der Waals surface area contributed by atoms with Gasteiger partial charge in [0.1, 0.15) is 5.75 Å². The minimum Gasteiger partial charge on any atom is -0.405 e. The molecule has 0 saturated heterocycles. The van der Waals surface area contributed by atoms with Crippen LogP contribution in [0.1, 0.15) is 11.1 Å². The van der Waals surface area contributed by atoms with E-state index in [1.165, 1.54) is 12.1 Å². The number of para-hydroxylation sites is 1. The normalized spacial score (nSPS) is 11.6. The third-order valence-corrected chi connectivity index (χ3v) is 4.20. The molecule has 0 unspecified atom stereocenters. The monoisotopic (exact) mass is 353 g/mol. The fourth-order valence-corrected chi connectivity index (χ4v) is 3.04. The lowest BCUT2D eigenvalue weighted by Crippen LogP contribution is -2.20. The van der Waals surface area contributed by atoms with Gasteiger partial charge in [0, 0.05) is 24.2 Å². The van der Waals surface area contributed by atoms with E-state index in [-0.39, 0.29) is 12.3 Å². The highest BCUT2D eigenvalue weighted by Crippen LogP contribution is 2.27. The molecule has 4 nitrogen and oxygen atoms in total. The number of nitrogens with zero attached hydrogens (tertiary/aromatic N) is 1. The Hall–Kier alpha value is -2.32. The number of hydrogen-bond donors (Lipinski definition) is 2. The third kappa shape index (κ3) is 4.15. The highest BCUT2D eigenvalue weighted by atomic mass is 32.1. The fourth-order valence-electron chi connectivity index (χ4n) is 2.29. The first-order valence-electron chi connectivity index (χ1n) is 7.13. The number of alkyl halides is 3. The van der Waals surface area contributed by atoms with E-state index in [9.17, 15) is 13.2 Å². The van der Waals surface area contributed by atoms with Crippen LogP contribution in [0.25, 0.3) is 10.6 Å². The molecule has 2 N–H and O–H groups in total. The van der Waals surface area contributed by atoms with Gasteiger partial charge in [0.25, 0.3) is 0 Å². The van der Waals surface area contributed by atoms with Crippen LogP contribution in [0, 0.1) is 0 Å². The summed E-state index contributed by atoms with van der Waals surface area (Å²) in [6, 6.07) is 10.0. The smallest absolute Gasteiger partial charge is 0.405 e. The van der Waals surface area contributed by atoms with Crippen LogP contribution in [0.2, 0.25) is 0 Å². The number of H-pyrrole nitrogens is 1. The average Bonchev–Trinajstić information content (AvgIpc) is 3.18. The second-order valence-corrected chi connectivity index (χ2v) is 5.95. The standard InChI is InChI=1S/C16H14F3N3OS/c17-16(18,19)23-13-5-2-1-4-11(13)8-20-9-12-10-21-22-15(12)14-6-3-7-24-14/h1-7,10,20H,8-9H2,(H,21,22). The Morgan fingerprint density at radius 2 is 1.88 bits per heavy atom. The van der Waals surface area contributed by atoms with Gasteiger partial charge in [-0.2, -0.15) is 5.10 Å². The third-order valence-electron chi connectivity index (χ3n) is 3.31. The van der Waals surface area contributed by atoms with Gasteiger partial charge in [0.2, 0.25) is 0 Å². The summed E-state index contributed by atoms with van der Waals surface area (Å²) in [5.74, 6) is -0.192. The summed E-state index contributed by atoms with van der Waals surface area (Å²) in [5, 5.41) is 12.1. The summed E-state index contributed by atoms with van der Waals surface area (Å²) < 4.78 is 41.3. The molecule has 24 heavy (non-hydrogen) atoms. The van der Waals surface area contributed by atoms with Gasteiger partial charge in [0.05, 0.1) is 16.8 Å². The molecule has 0 aliphatic carbocycles. The van der Waals surface area contributed by atoms with Crippen molar-refractivity contribution in [1.29, 1.82) is 0 Å². The number of nitrogens with one attached hydrogen (secondary N) is 2. The molecule has 126 valence electrons. The lowest BCUT2D eigenvalue weighted by Gasteiger charge is -2.13. The molecule has 0 bridgehead atoms. The van der Waals surface area contributed by atoms with Gasteiger partial charge >= 0.3 is 6.36 Å². The van der Waals surface area contributed by atoms with Crippen LogP contribution < -0.4 is 10.1 Å². The maximum Gasteiger partial charge on any atom is 0.573 e. The van der Waals surface area contributed by atoms with Crippen molar-refractivity contribution in [2.45, 2.75) is 19.5 Å². The first kappa shape index (κ1) is 16.5. The van der Waals surface area contributed by atoms with Crippen LogP contribution in [0.3, 0.4) is 0 Å². The van der Waals surface area contributed by atoms with Crippen LogP contribution in [0.4, 0.5) is 13.2 Å². The molecule has 3 rings (SSSR count). The van der Waals surface area contributed by atoms with Crippen LogP contribution in [0.15, 0.2) is 48.0 Å². The van der Waals surface area contributed by atoms with Gasteiger partial charge in [0.15, 0.2) is 0 Å². The molecule has 0 aliphatic heterocycles. The zero-order valence-electron chi connectivity index (χ0n) is 12.4. The number of aromatic nitrogens is 2. The molecule has 2 heterocycles. The molecule has 3 aromatic rings. The molecule has 0 amide bonds. The molecule has 0 aliphatic rings. The number of rotatable bonds is 6. The number of hydrogen-bond acceptors (Lipinski definition) is 4. The van der Waals surface area contributed by atoms with Gasteiger partial charge < -0.3 is 10.1 Å². The van der Waals surface area contributed by atoms with E-state index in [1.54, 1.807) is 29.7 Å². The van der Waals surface area contributed by atoms with Crippen molar-refractivity contribution in [3.05, 3.63) is 59.1 Å². The van der Waals surface area contributed by atoms with E-state index in [4.69, 9.17) is 0 Å². The lowest BCUT2D eigenvalue weighted by atomic mass is 10.2. The van der Waals surface area contributed by atoms with E-state index < -0.39 is 6.36 Å². The first-order valence-corrected chi connectivity index (χ1v) is 8.01. The zero-order chi connectivity index (χ0) is 17.0. The molecule has 0 atom stereocenters. The van der Waals surface area contributed by atoms with Crippen molar-refractivity contribution in [2.75, 3.05) is 0 Å². The second-order valence-electron chi connectivity index (χ2n) is 5.01. The molecule has 1 aromatic carbocycles. The van der Waals surface area contributed by atoms with Gasteiger partial charge in [-0.1, -0.05) is 24.3 Å². The molecule has 0 fully saturated rings. The van der Waals surface area contributed by atoms with E-state index in [0.717, 1.165) is 16.1 Å². The summed E-state index contributed by atoms with van der Waals surface area (Å²) in [4.78, 5) is 1.06. The van der Waals surface area contributed by atoms with Crippen molar-refractivity contribution in [3.8, 4) is 16.3 Å². The van der Waals surface area contributed by atoms with Crippen molar-refractivity contribution < 1.29 is 17.9 Å². The molecular weight excluding hydrogens is 339 g/mol. The van der Waals surface area contributed by atoms with E-state index in [0.29, 0.717) is 12.1 Å². The fraction of sp³-hybridized carbons (Fsp3) is 0.188. The van der Waals surface area contributed by atoms with Crippen LogP contribution in [-0.2, 0) is 13.1 Å². The summed E-state index contributed by atoms with van der Waals surface area (Å²) >= 11 is 1.59. The lowest BCUT2D eigenvalue weighted by molar-refractivity contribution is -0.274. The zero-order valence-corrected chi connectivity index (χ0v) is 13.2. The van der Waals surface area contributed by atoms with Crippen LogP contribution >= 0.6 is 11.3 Å². The van der Waals surface area contributed by atoms with Crippen molar-refractivity contribution in [3.63, 3.8) is 0 Å². The minimum atomic E-state index is -4.70. The number of halogens is 3. The molecule has 0 spiro atoms. The van der Waals surface area contributed by atoms with Gasteiger partial charge in [-0.05, 0) is 17.5 Å². The van der Waals surface area contributed by atoms with Crippen molar-refractivity contribution >= 4 is 11.3 Å². The highest BCUT2D eigenvalue weighted by Gasteiger charge is 2.31. The molecule has 0 radical (unpaired) electrons. The van der Waals surface area contributed by atoms with E-state index in [2.05, 4.69) is 20.3 Å². The number of aromatic amines is 1. The Kier molecular flexibility index (Phi) is 4.86. The van der Waals surface area contributed by atoms with Crippen molar-refractivity contribution in [2.24, 2.45) is 0 Å². The summed E-state index contributed by atoms with van der Waals surface area (Å²) in [5.41, 5.74) is 2.31. The molecule has 0 saturated carbocycles. The summed E-state index contributed by atoms with van der Waals surface area (Å²) in [6.45, 7) is 0.728. The number of ether oxygens (including phenoxy) is 1. The predicted octanol–water partition coefficient (Wildman–Crippen LogP) is 4.33. The van der Waals surface area contributed by atoms with E-state index in [1.807, 2.05) is 17.5 Å². The quantitative estimate of drug-likeness (QED) is 0.694. The molecule has 8 heteroatoms. The van der Waals surface area contributed by atoms with Crippen molar-refractivity contribution in [1.82, 2.24) is 15.5 Å². The Balaban J connectivity index is 1.65. The largest absolute Gasteiger partial charge is 0.573 e. The van der Waals surface area contributed by atoms with Gasteiger partial charge in [-0.15, -0.1) is 24.5 Å². The Morgan fingerprint density at radius 1 is 1.08 bits per heavy atom. The minimum absolute atomic E-state index is 0.192. The second kappa shape index (κ2) is 7.06. The topological polar surface area (TPSA) is 49.9 Å². The Morgan fingerprint density at radius 3 is 2.62 bits per heavy atom. The summed E-state index contributed by atoms with van der Waals surface area (Å²) in [6.07, 6.45) is -2.99. The first-order chi connectivity index (χ1) is 11.5. The maximum atomic E-state index is 12.4. The predicted molar refractivity (Wildman–Crippen MR) is 85.6 cm³/mol. The Bertz CT molecular complexity index is 784. The van der Waals surface area contributed by atoms with Gasteiger partial charge in [-0.25, -0.2) is 0 Å². The SMILES string of the molecule is FC(F)(F)Oc1ccccc1CNCc1cn[nH]c1-c1cccs1. The number of thiophene rings is 1. The van der Waals surface area contributed by atoms with E-state index >= 15 is 0 Å². The Labute approximate surface area is 140 Å². The maximum absolute atomic E-state index is 12.4. The molecule has 2 aromatic heterocycles. The molecular formula is C16H14F3N3OS. The number of benzene rings is 1. The van der Waals surface area contributed by atoms with Crippen LogP contribution in [0.5, 0.6) is 5.75 Å². The summed E-state index contributed by atoms with van der Waals surface area (Å²) in [7, 11) is 0. The average molecular weight is 353 g/mol. The highest BCUT2D eigenvalue weighted by molar-refractivity contribution is 7.13. The van der Waals surface area contributed by atoms with Crippen LogP contribution in [-0.4, -0.2) is 16.6 Å².